The Balaban J connectivity index is 1.42. The van der Waals surface area contributed by atoms with Crippen LogP contribution in [0, 0.1) is 18.3 Å². The van der Waals surface area contributed by atoms with Crippen LogP contribution in [-0.4, -0.2) is 102 Å². The molecule has 13 heteroatoms. The van der Waals surface area contributed by atoms with Crippen LogP contribution in [0.3, 0.4) is 0 Å². The molecule has 3 aliphatic rings. The smallest absolute Gasteiger partial charge is 0.411 e. The molecule has 0 saturated carbocycles. The zero-order chi connectivity index (χ0) is 34.2. The molecule has 2 fully saturated rings. The molecule has 1 atom stereocenters. The Kier molecular flexibility index (Phi) is 9.08. The minimum Gasteiger partial charge on any atom is -0.497 e. The number of likely N-dealkylation sites (tertiary alicyclic amines) is 1. The van der Waals surface area contributed by atoms with E-state index >= 15 is 0 Å². The lowest BCUT2D eigenvalue weighted by Gasteiger charge is -2.42. The fraction of sp³-hybridized carbons (Fsp3) is 0.400. The molecule has 0 bridgehead atoms. The van der Waals surface area contributed by atoms with Gasteiger partial charge in [-0.05, 0) is 75.8 Å². The molecule has 0 aliphatic carbocycles. The lowest BCUT2D eigenvalue weighted by molar-refractivity contribution is -0.132. The Morgan fingerprint density at radius 1 is 0.917 bits per heavy atom. The number of nitriles is 1. The van der Waals surface area contributed by atoms with Crippen molar-refractivity contribution in [2.45, 2.75) is 36.3 Å². The first-order valence-electron chi connectivity index (χ1n) is 15.9. The molecule has 6 rings (SSSR count). The predicted molar refractivity (Wildman–Crippen MR) is 177 cm³/mol. The molecule has 0 spiro atoms. The van der Waals surface area contributed by atoms with Crippen LogP contribution < -0.4 is 13.8 Å². The van der Waals surface area contributed by atoms with E-state index in [0.29, 0.717) is 53.4 Å². The van der Waals surface area contributed by atoms with Gasteiger partial charge in [-0.25, -0.2) is 13.2 Å². The number of piperidine rings is 1. The Morgan fingerprint density at radius 2 is 1.62 bits per heavy atom. The van der Waals surface area contributed by atoms with Crippen LogP contribution in [-0.2, 0) is 25.2 Å². The third kappa shape index (κ3) is 5.63. The van der Waals surface area contributed by atoms with Gasteiger partial charge in [0, 0.05) is 49.4 Å². The number of carbonyl (C=O) groups excluding carboxylic acids is 2. The first kappa shape index (κ1) is 33.3. The van der Waals surface area contributed by atoms with Crippen molar-refractivity contribution in [2.24, 2.45) is 0 Å². The first-order valence-corrected chi connectivity index (χ1v) is 17.3. The fourth-order valence-electron chi connectivity index (χ4n) is 6.96. The van der Waals surface area contributed by atoms with Crippen molar-refractivity contribution in [1.29, 1.82) is 5.26 Å². The summed E-state index contributed by atoms with van der Waals surface area (Å²) in [4.78, 5) is 35.1. The highest BCUT2D eigenvalue weighted by molar-refractivity contribution is 7.93. The zero-order valence-corrected chi connectivity index (χ0v) is 28.3. The summed E-state index contributed by atoms with van der Waals surface area (Å²) in [6.07, 6.45) is 1.38. The van der Waals surface area contributed by atoms with Crippen molar-refractivity contribution in [2.75, 3.05) is 64.8 Å². The third-order valence-electron chi connectivity index (χ3n) is 9.64. The number of sulfonamides is 1. The molecule has 0 N–H and O–H groups in total. The number of ether oxygens (including phenoxy) is 3. The minimum atomic E-state index is -4.66. The van der Waals surface area contributed by atoms with Gasteiger partial charge in [-0.3, -0.25) is 9.69 Å². The molecule has 3 heterocycles. The molecule has 252 valence electrons. The number of benzene rings is 3. The van der Waals surface area contributed by atoms with Gasteiger partial charge >= 0.3 is 6.09 Å². The monoisotopic (exact) mass is 673 g/mol. The average Bonchev–Trinajstić information content (AvgIpc) is 3.35. The van der Waals surface area contributed by atoms with Gasteiger partial charge in [0.2, 0.25) is 5.60 Å². The maximum absolute atomic E-state index is 15.0. The second-order valence-electron chi connectivity index (χ2n) is 12.4. The van der Waals surface area contributed by atoms with Crippen molar-refractivity contribution in [3.63, 3.8) is 0 Å². The van der Waals surface area contributed by atoms with Crippen molar-refractivity contribution in [1.82, 2.24) is 14.7 Å². The zero-order valence-electron chi connectivity index (χ0n) is 27.5. The number of carbonyl (C=O) groups is 2. The quantitative estimate of drug-likeness (QED) is 0.366. The lowest BCUT2D eigenvalue weighted by Crippen LogP contribution is -2.55. The van der Waals surface area contributed by atoms with E-state index in [2.05, 4.69) is 22.9 Å². The summed E-state index contributed by atoms with van der Waals surface area (Å²) >= 11 is 0. The number of anilines is 1. The van der Waals surface area contributed by atoms with Crippen LogP contribution >= 0.6 is 0 Å². The second-order valence-corrected chi connectivity index (χ2v) is 14.1. The van der Waals surface area contributed by atoms with Crippen LogP contribution in [0.4, 0.5) is 10.5 Å². The lowest BCUT2D eigenvalue weighted by atomic mass is 9.84. The highest BCUT2D eigenvalue weighted by Gasteiger charge is 2.60. The summed E-state index contributed by atoms with van der Waals surface area (Å²) in [5, 5.41) is 9.87. The summed E-state index contributed by atoms with van der Waals surface area (Å²) in [6, 6.07) is 17.8. The summed E-state index contributed by atoms with van der Waals surface area (Å²) < 4.78 is 46.7. The number of piperazine rings is 1. The Labute approximate surface area is 281 Å². The van der Waals surface area contributed by atoms with Crippen molar-refractivity contribution < 1.29 is 32.2 Å². The summed E-state index contributed by atoms with van der Waals surface area (Å²) in [5.74, 6) is -0.681. The molecule has 1 unspecified atom stereocenters. The Hall–Kier alpha value is -4.64. The van der Waals surface area contributed by atoms with E-state index in [0.717, 1.165) is 25.9 Å². The van der Waals surface area contributed by atoms with Crippen LogP contribution in [0.5, 0.6) is 11.5 Å². The number of hydrogen-bond acceptors (Lipinski definition) is 10. The van der Waals surface area contributed by atoms with Crippen molar-refractivity contribution in [3.05, 3.63) is 82.9 Å². The number of aryl methyl sites for hydroxylation is 1. The topological polar surface area (TPSA) is 133 Å². The van der Waals surface area contributed by atoms with E-state index in [-0.39, 0.29) is 27.5 Å². The molecule has 48 heavy (non-hydrogen) atoms. The molecule has 3 aromatic rings. The number of hydrogen-bond donors (Lipinski definition) is 0. The molecule has 3 aromatic carbocycles. The van der Waals surface area contributed by atoms with Crippen LogP contribution in [0.15, 0.2) is 65.6 Å². The first-order chi connectivity index (χ1) is 23.0. The highest BCUT2D eigenvalue weighted by Crippen LogP contribution is 2.51. The van der Waals surface area contributed by atoms with Crippen LogP contribution in [0.25, 0.3) is 0 Å². The average molecular weight is 674 g/mol. The normalized spacial score (nSPS) is 20.7. The van der Waals surface area contributed by atoms with E-state index in [1.807, 2.05) is 0 Å². The van der Waals surface area contributed by atoms with Gasteiger partial charge < -0.3 is 24.0 Å². The third-order valence-corrected chi connectivity index (χ3v) is 11.4. The van der Waals surface area contributed by atoms with Gasteiger partial charge in [-0.2, -0.15) is 9.57 Å². The van der Waals surface area contributed by atoms with E-state index in [1.54, 1.807) is 36.1 Å². The predicted octanol–water partition coefficient (Wildman–Crippen LogP) is 3.71. The second kappa shape index (κ2) is 13.1. The number of methoxy groups -OCH3 is 2. The van der Waals surface area contributed by atoms with Gasteiger partial charge in [0.1, 0.15) is 16.4 Å². The van der Waals surface area contributed by atoms with Gasteiger partial charge in [0.05, 0.1) is 31.5 Å². The SMILES string of the molecule is COc1ccc(S(=O)(=O)N2C(=O)C(OC(=O)N3CCN(C4CCN(C)CC4)CC3)(c3ccccc3C)c3cc(C#N)ccc32)c(OC)c1. The molecule has 3 aliphatic heterocycles. The molecular formula is C35H39N5O7S. The van der Waals surface area contributed by atoms with Crippen LogP contribution in [0.1, 0.15) is 35.1 Å². The van der Waals surface area contributed by atoms with Gasteiger partial charge in [0.25, 0.3) is 15.9 Å². The molecule has 0 radical (unpaired) electrons. The summed E-state index contributed by atoms with van der Waals surface area (Å²) in [6.45, 7) is 5.90. The van der Waals surface area contributed by atoms with E-state index in [4.69, 9.17) is 14.2 Å². The van der Waals surface area contributed by atoms with E-state index in [1.165, 1.54) is 50.6 Å². The molecule has 2 saturated heterocycles. The van der Waals surface area contributed by atoms with Gasteiger partial charge in [0.15, 0.2) is 0 Å². The molecule has 0 aromatic heterocycles. The Morgan fingerprint density at radius 3 is 2.27 bits per heavy atom. The largest absolute Gasteiger partial charge is 0.497 e. The highest BCUT2D eigenvalue weighted by atomic mass is 32.2. The minimum absolute atomic E-state index is 0.0278. The molecule has 2 amide bonds. The van der Waals surface area contributed by atoms with E-state index in [9.17, 15) is 23.3 Å². The van der Waals surface area contributed by atoms with Crippen molar-refractivity contribution >= 4 is 27.7 Å². The number of nitrogens with zero attached hydrogens (tertiary/aromatic N) is 5. The molecule has 12 nitrogen and oxygen atoms in total. The standard InChI is InChI=1S/C35H39N5O7S/c1-24-7-5-6-8-28(24)35(47-34(42)39-19-17-38(18-20-39)26-13-15-37(2)16-14-26)29-21-25(23-36)9-11-30(29)40(33(35)41)48(43,44)32-12-10-27(45-3)22-31(32)46-4/h5-12,21-22,26H,13-20H2,1-4H3. The fourth-order valence-corrected chi connectivity index (χ4v) is 8.56. The number of fused-ring (bicyclic) bond motifs is 1. The summed E-state index contributed by atoms with van der Waals surface area (Å²) in [7, 11) is 0.220. The van der Waals surface area contributed by atoms with Gasteiger partial charge in [-0.15, -0.1) is 0 Å². The maximum atomic E-state index is 15.0. The van der Waals surface area contributed by atoms with Crippen molar-refractivity contribution in [3.8, 4) is 17.6 Å². The summed E-state index contributed by atoms with van der Waals surface area (Å²) in [5.41, 5.74) is -1.09. The van der Waals surface area contributed by atoms with Crippen LogP contribution in [0.2, 0.25) is 0 Å². The Bertz CT molecular complexity index is 1880. The van der Waals surface area contributed by atoms with Gasteiger partial charge in [-0.1, -0.05) is 24.3 Å². The maximum Gasteiger partial charge on any atom is 0.411 e. The molecular weight excluding hydrogens is 634 g/mol. The number of rotatable bonds is 7. The van der Waals surface area contributed by atoms with E-state index < -0.39 is 27.6 Å². The number of amides is 2.